The third-order valence-electron chi connectivity index (χ3n) is 9.26. The van der Waals surface area contributed by atoms with Gasteiger partial charge in [0.1, 0.15) is 11.2 Å². The molecule has 3 atom stereocenters. The summed E-state index contributed by atoms with van der Waals surface area (Å²) in [5.74, 6) is -3.22. The molecule has 254 valence electrons. The Morgan fingerprint density at radius 3 is 2.27 bits per heavy atom. The predicted octanol–water partition coefficient (Wildman–Crippen LogP) is 6.25. The summed E-state index contributed by atoms with van der Waals surface area (Å²) in [5, 5.41) is 3.70. The second-order valence-electron chi connectivity index (χ2n) is 12.1. The highest BCUT2D eigenvalue weighted by Crippen LogP contribution is 2.61. The average molecular weight is 780 g/mol. The number of rotatable bonds is 8. The van der Waals surface area contributed by atoms with Crippen LogP contribution in [0.1, 0.15) is 74.2 Å². The van der Waals surface area contributed by atoms with Crippen molar-refractivity contribution in [1.82, 2.24) is 10.0 Å². The number of fused-ring (bicyclic) bond motifs is 2. The quantitative estimate of drug-likeness (QED) is 0.276. The third kappa shape index (κ3) is 6.12. The minimum absolute atomic E-state index is 0.0848. The van der Waals surface area contributed by atoms with Crippen LogP contribution in [0.5, 0.6) is 5.75 Å². The second-order valence-corrected chi connectivity index (χ2v) is 15.7. The number of imide groups is 1. The molecule has 0 saturated carbocycles. The Morgan fingerprint density at radius 2 is 1.67 bits per heavy atom. The van der Waals surface area contributed by atoms with Gasteiger partial charge in [0.2, 0.25) is 27.7 Å². The minimum Gasteiger partial charge on any atom is -0.477 e. The number of nitrogens with one attached hydrogen (secondary N) is 2. The smallest absolute Gasteiger partial charge is 0.277 e. The van der Waals surface area contributed by atoms with Crippen molar-refractivity contribution in [2.24, 2.45) is 0 Å². The SMILES string of the molecule is CCC(CC)(Oc1ccc(Cl)cc1[C@@H]1CC(=O)N[C@H](c2cc(Cl)ccc2C)[C@@]12C(=O)N(C(C)=O)c1cc(Br)ccc12)C(=O)NS(C)(=O)=O. The number of aryl methyl sites for hydroxylation is 1. The molecule has 0 aromatic heterocycles. The van der Waals surface area contributed by atoms with E-state index in [0.29, 0.717) is 31.9 Å². The van der Waals surface area contributed by atoms with E-state index in [-0.39, 0.29) is 35.9 Å². The summed E-state index contributed by atoms with van der Waals surface area (Å²) in [6.45, 7) is 6.51. The standard InChI is InChI=1S/C34H34BrCl2N3O7S/c1-6-33(7-2,31(43)39-48(5,45)46)47-28-13-11-22(37)16-24(28)26-17-29(42)38-30(23-15-21(36)10-8-18(23)3)34(26)25-12-9-20(35)14-27(25)40(19(4)41)32(34)44/h8-16,26,30H,6-7,17H2,1-5H3,(H,38,42)(H,39,43)/t26-,30+,34-/m0/s1. The molecular formula is C34H34BrCl2N3O7S. The van der Waals surface area contributed by atoms with Gasteiger partial charge >= 0.3 is 0 Å². The van der Waals surface area contributed by atoms with Crippen LogP contribution in [0.3, 0.4) is 0 Å². The molecule has 0 aliphatic carbocycles. The van der Waals surface area contributed by atoms with Crippen molar-refractivity contribution in [3.05, 3.63) is 91.4 Å². The fourth-order valence-electron chi connectivity index (χ4n) is 6.98. The highest BCUT2D eigenvalue weighted by atomic mass is 79.9. The summed E-state index contributed by atoms with van der Waals surface area (Å²) >= 11 is 16.6. The minimum atomic E-state index is -3.94. The zero-order valence-corrected chi connectivity index (χ0v) is 30.7. The lowest BCUT2D eigenvalue weighted by atomic mass is 9.58. The lowest BCUT2D eigenvalue weighted by Gasteiger charge is -2.47. The summed E-state index contributed by atoms with van der Waals surface area (Å²) in [6.07, 6.45) is 0.822. The van der Waals surface area contributed by atoms with Crippen LogP contribution in [0.15, 0.2) is 59.1 Å². The lowest BCUT2D eigenvalue weighted by molar-refractivity contribution is -0.137. The number of benzene rings is 3. The number of hydrogen-bond acceptors (Lipinski definition) is 7. The van der Waals surface area contributed by atoms with E-state index in [1.165, 1.54) is 13.0 Å². The number of ether oxygens (including phenoxy) is 1. The van der Waals surface area contributed by atoms with Crippen molar-refractivity contribution in [2.45, 2.75) is 69.9 Å². The van der Waals surface area contributed by atoms with E-state index in [4.69, 9.17) is 27.9 Å². The molecule has 1 spiro atoms. The largest absolute Gasteiger partial charge is 0.477 e. The van der Waals surface area contributed by atoms with Gasteiger partial charge in [-0.25, -0.2) is 18.0 Å². The molecule has 10 nitrogen and oxygen atoms in total. The maximum Gasteiger partial charge on any atom is 0.277 e. The van der Waals surface area contributed by atoms with Crippen LogP contribution in [0.2, 0.25) is 10.0 Å². The number of amides is 4. The van der Waals surface area contributed by atoms with Crippen LogP contribution in [0.4, 0.5) is 5.69 Å². The molecular weight excluding hydrogens is 745 g/mol. The Labute approximate surface area is 297 Å². The van der Waals surface area contributed by atoms with Gasteiger partial charge in [-0.2, -0.15) is 0 Å². The second kappa shape index (κ2) is 13.1. The van der Waals surface area contributed by atoms with Gasteiger partial charge in [0.25, 0.3) is 5.91 Å². The van der Waals surface area contributed by atoms with E-state index in [9.17, 15) is 22.8 Å². The van der Waals surface area contributed by atoms with Gasteiger partial charge in [0.15, 0.2) is 5.60 Å². The van der Waals surface area contributed by atoms with E-state index >= 15 is 4.79 Å². The Kier molecular flexibility index (Phi) is 9.79. The molecule has 2 aliphatic heterocycles. The van der Waals surface area contributed by atoms with Gasteiger partial charge < -0.3 is 10.1 Å². The van der Waals surface area contributed by atoms with Crippen LogP contribution in [0, 0.1) is 6.92 Å². The van der Waals surface area contributed by atoms with E-state index in [0.717, 1.165) is 16.7 Å². The number of halogens is 3. The third-order valence-corrected chi connectivity index (χ3v) is 10.8. The molecule has 4 amide bonds. The Bertz CT molecular complexity index is 1970. The molecule has 1 saturated heterocycles. The van der Waals surface area contributed by atoms with Gasteiger partial charge in [-0.3, -0.25) is 19.2 Å². The topological polar surface area (TPSA) is 139 Å². The number of anilines is 1. The van der Waals surface area contributed by atoms with Gasteiger partial charge in [0.05, 0.1) is 18.0 Å². The molecule has 0 bridgehead atoms. The molecule has 2 aliphatic rings. The molecule has 0 radical (unpaired) electrons. The van der Waals surface area contributed by atoms with Gasteiger partial charge in [-0.15, -0.1) is 0 Å². The normalized spacial score (nSPS) is 20.8. The number of hydrogen-bond donors (Lipinski definition) is 2. The van der Waals surface area contributed by atoms with Crippen molar-refractivity contribution < 1.29 is 32.3 Å². The van der Waals surface area contributed by atoms with Gasteiger partial charge in [0, 0.05) is 39.3 Å². The summed E-state index contributed by atoms with van der Waals surface area (Å²) < 4.78 is 33.3. The Hall–Kier alpha value is -3.45. The first-order valence-electron chi connectivity index (χ1n) is 15.2. The van der Waals surface area contributed by atoms with Gasteiger partial charge in [-0.1, -0.05) is 65.1 Å². The van der Waals surface area contributed by atoms with Crippen molar-refractivity contribution in [3.8, 4) is 5.75 Å². The van der Waals surface area contributed by atoms with Crippen LogP contribution in [-0.4, -0.2) is 43.9 Å². The molecule has 1 fully saturated rings. The van der Waals surface area contributed by atoms with Crippen molar-refractivity contribution >= 4 is 78.5 Å². The first-order chi connectivity index (χ1) is 22.5. The summed E-state index contributed by atoms with van der Waals surface area (Å²) in [6, 6.07) is 14.0. The van der Waals surface area contributed by atoms with E-state index in [2.05, 4.69) is 21.2 Å². The maximum absolute atomic E-state index is 15.1. The number of carbonyl (C=O) groups excluding carboxylic acids is 4. The molecule has 2 heterocycles. The van der Waals surface area contributed by atoms with Crippen molar-refractivity contribution in [3.63, 3.8) is 0 Å². The summed E-state index contributed by atoms with van der Waals surface area (Å²) in [4.78, 5) is 56.7. The number of carbonyl (C=O) groups is 4. The zero-order chi connectivity index (χ0) is 35.3. The van der Waals surface area contributed by atoms with Crippen LogP contribution in [-0.2, 0) is 34.6 Å². The monoisotopic (exact) mass is 777 g/mol. The Morgan fingerprint density at radius 1 is 1.04 bits per heavy atom. The zero-order valence-electron chi connectivity index (χ0n) is 26.8. The first-order valence-corrected chi connectivity index (χ1v) is 18.6. The van der Waals surface area contributed by atoms with E-state index in [1.54, 1.807) is 62.4 Å². The lowest BCUT2D eigenvalue weighted by Crippen LogP contribution is -2.59. The maximum atomic E-state index is 15.1. The molecule has 0 unspecified atom stereocenters. The predicted molar refractivity (Wildman–Crippen MR) is 187 cm³/mol. The fraction of sp³-hybridized carbons (Fsp3) is 0.353. The first kappa shape index (κ1) is 35.8. The molecule has 5 rings (SSSR count). The highest BCUT2D eigenvalue weighted by molar-refractivity contribution is 9.10. The molecule has 2 N–H and O–H groups in total. The molecule has 14 heteroatoms. The van der Waals surface area contributed by atoms with Crippen molar-refractivity contribution in [2.75, 3.05) is 11.2 Å². The Balaban J connectivity index is 1.84. The van der Waals surface area contributed by atoms with Crippen LogP contribution in [0.25, 0.3) is 0 Å². The molecule has 48 heavy (non-hydrogen) atoms. The molecule has 3 aromatic rings. The molecule has 3 aromatic carbocycles. The van der Waals surface area contributed by atoms with Crippen LogP contribution < -0.4 is 19.7 Å². The van der Waals surface area contributed by atoms with Gasteiger partial charge in [-0.05, 0) is 78.9 Å². The van der Waals surface area contributed by atoms with E-state index < -0.39 is 50.7 Å². The average Bonchev–Trinajstić information content (AvgIpc) is 3.25. The van der Waals surface area contributed by atoms with Crippen molar-refractivity contribution in [1.29, 1.82) is 0 Å². The highest BCUT2D eigenvalue weighted by Gasteiger charge is 2.64. The fourth-order valence-corrected chi connectivity index (χ4v) is 8.21. The number of nitrogens with zero attached hydrogens (tertiary/aromatic N) is 1. The van der Waals surface area contributed by atoms with Crippen LogP contribution >= 0.6 is 39.1 Å². The summed E-state index contributed by atoms with van der Waals surface area (Å²) in [7, 11) is -3.94. The number of piperidine rings is 1. The summed E-state index contributed by atoms with van der Waals surface area (Å²) in [5.41, 5.74) is -0.807. The number of sulfonamides is 1. The van der Waals surface area contributed by atoms with E-state index in [1.807, 2.05) is 11.6 Å².